The van der Waals surface area contributed by atoms with Crippen molar-refractivity contribution in [2.24, 2.45) is 0 Å². The maximum atomic E-state index is 13.2. The number of methoxy groups -OCH3 is 1. The zero-order chi connectivity index (χ0) is 11.4. The highest BCUT2D eigenvalue weighted by atomic mass is 79.9. The van der Waals surface area contributed by atoms with Crippen LogP contribution in [-0.4, -0.2) is 13.7 Å². The molecule has 0 radical (unpaired) electrons. The van der Waals surface area contributed by atoms with Crippen molar-refractivity contribution in [3.8, 4) is 5.75 Å². The maximum absolute atomic E-state index is 13.2. The molecule has 0 aliphatic rings. The summed E-state index contributed by atoms with van der Waals surface area (Å²) in [5, 5.41) is 3.00. The lowest BCUT2D eigenvalue weighted by molar-refractivity contribution is 0.387. The van der Waals surface area contributed by atoms with E-state index in [1.807, 2.05) is 0 Å². The molecule has 1 rings (SSSR count). The van der Waals surface area contributed by atoms with Crippen LogP contribution in [0.2, 0.25) is 0 Å². The van der Waals surface area contributed by atoms with E-state index in [1.54, 1.807) is 0 Å². The highest BCUT2D eigenvalue weighted by molar-refractivity contribution is 9.11. The van der Waals surface area contributed by atoms with Crippen molar-refractivity contribution in [3.63, 3.8) is 0 Å². The summed E-state index contributed by atoms with van der Waals surface area (Å²) in [5.41, 5.74) is 6.58. The summed E-state index contributed by atoms with van der Waals surface area (Å²) >= 11 is 3.20. The second kappa shape index (κ2) is 5.02. The van der Waals surface area contributed by atoms with Gasteiger partial charge in [0.2, 0.25) is 0 Å². The third-order valence-electron chi connectivity index (χ3n) is 1.79. The van der Waals surface area contributed by atoms with Crippen molar-refractivity contribution in [2.75, 3.05) is 24.7 Å². The van der Waals surface area contributed by atoms with Crippen molar-refractivity contribution < 1.29 is 9.13 Å². The van der Waals surface area contributed by atoms with Crippen molar-refractivity contribution in [1.82, 2.24) is 0 Å². The molecular formula is C10H12BrFN2O. The average Bonchev–Trinajstić information content (AvgIpc) is 2.16. The molecule has 0 aliphatic heterocycles. The first-order chi connectivity index (χ1) is 7.04. The quantitative estimate of drug-likeness (QED) is 0.830. The summed E-state index contributed by atoms with van der Waals surface area (Å²) in [4.78, 5) is 0. The Kier molecular flexibility index (Phi) is 3.96. The molecule has 15 heavy (non-hydrogen) atoms. The molecule has 0 spiro atoms. The number of anilines is 2. The van der Waals surface area contributed by atoms with Gasteiger partial charge in [-0.15, -0.1) is 0 Å². The van der Waals surface area contributed by atoms with E-state index in [0.29, 0.717) is 17.9 Å². The van der Waals surface area contributed by atoms with Crippen LogP contribution in [0.15, 0.2) is 23.2 Å². The van der Waals surface area contributed by atoms with E-state index in [0.717, 1.165) is 4.48 Å². The summed E-state index contributed by atoms with van der Waals surface area (Å²) in [5.74, 6) is -0.315. The van der Waals surface area contributed by atoms with Crippen LogP contribution in [0, 0.1) is 5.82 Å². The van der Waals surface area contributed by atoms with E-state index in [-0.39, 0.29) is 5.75 Å². The van der Waals surface area contributed by atoms with E-state index in [2.05, 4.69) is 27.8 Å². The fourth-order valence-corrected chi connectivity index (χ4v) is 1.21. The zero-order valence-corrected chi connectivity index (χ0v) is 9.90. The Hall–Kier alpha value is -1.23. The molecule has 0 aromatic heterocycles. The number of benzene rings is 1. The first kappa shape index (κ1) is 11.8. The van der Waals surface area contributed by atoms with Gasteiger partial charge in [0.25, 0.3) is 0 Å². The smallest absolute Gasteiger partial charge is 0.167 e. The number of nitrogens with one attached hydrogen (secondary N) is 1. The monoisotopic (exact) mass is 274 g/mol. The number of hydrogen-bond acceptors (Lipinski definition) is 3. The highest BCUT2D eigenvalue weighted by Crippen LogP contribution is 2.28. The van der Waals surface area contributed by atoms with Gasteiger partial charge in [0.1, 0.15) is 0 Å². The van der Waals surface area contributed by atoms with Crippen LogP contribution in [0.3, 0.4) is 0 Å². The van der Waals surface area contributed by atoms with Crippen molar-refractivity contribution >= 4 is 27.3 Å². The highest BCUT2D eigenvalue weighted by Gasteiger charge is 2.07. The van der Waals surface area contributed by atoms with Gasteiger partial charge in [-0.05, 0) is 0 Å². The van der Waals surface area contributed by atoms with Gasteiger partial charge in [-0.25, -0.2) is 4.39 Å². The van der Waals surface area contributed by atoms with Gasteiger partial charge < -0.3 is 15.8 Å². The molecule has 82 valence electrons. The molecule has 0 saturated carbocycles. The minimum absolute atomic E-state index is 0.159. The summed E-state index contributed by atoms with van der Waals surface area (Å²) in [6.07, 6.45) is 0. The van der Waals surface area contributed by atoms with Gasteiger partial charge in [-0.1, -0.05) is 22.5 Å². The van der Waals surface area contributed by atoms with Crippen LogP contribution in [0.25, 0.3) is 0 Å². The third-order valence-corrected chi connectivity index (χ3v) is 2.07. The fourth-order valence-electron chi connectivity index (χ4n) is 1.07. The normalized spacial score (nSPS) is 9.80. The number of hydrogen-bond donors (Lipinski definition) is 2. The Bertz CT molecular complexity index is 382. The van der Waals surface area contributed by atoms with Crippen LogP contribution in [0.5, 0.6) is 5.75 Å². The van der Waals surface area contributed by atoms with Crippen LogP contribution in [-0.2, 0) is 0 Å². The average molecular weight is 275 g/mol. The molecule has 5 heteroatoms. The van der Waals surface area contributed by atoms with Gasteiger partial charge in [-0.3, -0.25) is 0 Å². The first-order valence-electron chi connectivity index (χ1n) is 4.24. The Morgan fingerprint density at radius 3 is 2.87 bits per heavy atom. The molecule has 1 aromatic rings. The third kappa shape index (κ3) is 3.13. The van der Waals surface area contributed by atoms with Crippen molar-refractivity contribution in [2.45, 2.75) is 0 Å². The van der Waals surface area contributed by atoms with Crippen molar-refractivity contribution in [3.05, 3.63) is 29.0 Å². The molecule has 1 aromatic carbocycles. The number of nitrogen functional groups attached to an aromatic ring is 1. The van der Waals surface area contributed by atoms with Crippen molar-refractivity contribution in [1.29, 1.82) is 0 Å². The lowest BCUT2D eigenvalue weighted by Crippen LogP contribution is -2.04. The zero-order valence-electron chi connectivity index (χ0n) is 8.31. The van der Waals surface area contributed by atoms with Gasteiger partial charge >= 0.3 is 0 Å². The topological polar surface area (TPSA) is 47.3 Å². The molecule has 0 fully saturated rings. The predicted molar refractivity (Wildman–Crippen MR) is 63.9 cm³/mol. The number of rotatable bonds is 4. The summed E-state index contributed by atoms with van der Waals surface area (Å²) in [6, 6.07) is 2.73. The number of halogens is 2. The summed E-state index contributed by atoms with van der Waals surface area (Å²) < 4.78 is 18.8. The Morgan fingerprint density at radius 2 is 2.33 bits per heavy atom. The van der Waals surface area contributed by atoms with E-state index < -0.39 is 5.82 Å². The lowest BCUT2D eigenvalue weighted by atomic mass is 10.2. The van der Waals surface area contributed by atoms with E-state index >= 15 is 0 Å². The Balaban J connectivity index is 2.92. The van der Waals surface area contributed by atoms with Crippen LogP contribution < -0.4 is 15.8 Å². The molecule has 0 amide bonds. The van der Waals surface area contributed by atoms with Gasteiger partial charge in [0.05, 0.1) is 18.5 Å². The minimum Gasteiger partial charge on any atom is -0.494 e. The van der Waals surface area contributed by atoms with Gasteiger partial charge in [0.15, 0.2) is 11.6 Å². The SMILES string of the molecule is C=C(Br)CNc1cc(OC)c(F)cc1N. The molecule has 3 nitrogen and oxygen atoms in total. The first-order valence-corrected chi connectivity index (χ1v) is 5.04. The summed E-state index contributed by atoms with van der Waals surface area (Å²) in [7, 11) is 1.40. The minimum atomic E-state index is -0.474. The molecule has 0 atom stereocenters. The summed E-state index contributed by atoms with van der Waals surface area (Å²) in [6.45, 7) is 4.18. The van der Waals surface area contributed by atoms with E-state index in [9.17, 15) is 4.39 Å². The molecular weight excluding hydrogens is 263 g/mol. The predicted octanol–water partition coefficient (Wildman–Crippen LogP) is 2.74. The second-order valence-electron chi connectivity index (χ2n) is 2.94. The molecule has 0 heterocycles. The van der Waals surface area contributed by atoms with Crippen LogP contribution >= 0.6 is 15.9 Å². The van der Waals surface area contributed by atoms with Gasteiger partial charge in [-0.2, -0.15) is 0 Å². The Morgan fingerprint density at radius 1 is 1.67 bits per heavy atom. The van der Waals surface area contributed by atoms with E-state index in [4.69, 9.17) is 10.5 Å². The van der Waals surface area contributed by atoms with Crippen LogP contribution in [0.4, 0.5) is 15.8 Å². The Labute approximate surface area is 96.2 Å². The number of nitrogens with two attached hydrogens (primary N) is 1. The standard InChI is InChI=1S/C10H12BrFN2O/c1-6(11)5-14-9-4-10(15-2)7(12)3-8(9)13/h3-4,14H,1,5,13H2,2H3. The van der Waals surface area contributed by atoms with Crippen LogP contribution in [0.1, 0.15) is 0 Å². The molecule has 3 N–H and O–H groups in total. The van der Waals surface area contributed by atoms with E-state index in [1.165, 1.54) is 19.2 Å². The lowest BCUT2D eigenvalue weighted by Gasteiger charge is -2.11. The number of ether oxygens (including phenoxy) is 1. The fraction of sp³-hybridized carbons (Fsp3) is 0.200. The molecule has 0 bridgehead atoms. The maximum Gasteiger partial charge on any atom is 0.167 e. The molecule has 0 aliphatic carbocycles. The second-order valence-corrected chi connectivity index (χ2v) is 4.07. The molecule has 0 unspecified atom stereocenters. The molecule has 0 saturated heterocycles. The largest absolute Gasteiger partial charge is 0.494 e. The van der Waals surface area contributed by atoms with Gasteiger partial charge in [0, 0.05) is 23.2 Å².